The van der Waals surface area contributed by atoms with E-state index in [1.165, 1.54) is 0 Å². The first kappa shape index (κ1) is 19.1. The van der Waals surface area contributed by atoms with Crippen LogP contribution in [0.1, 0.15) is 13.3 Å². The van der Waals surface area contributed by atoms with E-state index in [4.69, 9.17) is 14.2 Å². The number of rotatable bonds is 8. The lowest BCUT2D eigenvalue weighted by Crippen LogP contribution is -2.51. The van der Waals surface area contributed by atoms with Crippen molar-refractivity contribution in [2.45, 2.75) is 13.3 Å². The SMILES string of the molecule is CCOc1ccccc1OCC(=O)N1CCN(C(=O)CCOC)CC1. The van der Waals surface area contributed by atoms with Gasteiger partial charge in [0.15, 0.2) is 18.1 Å². The third kappa shape index (κ3) is 5.63. The zero-order valence-corrected chi connectivity index (χ0v) is 14.9. The van der Waals surface area contributed by atoms with Gasteiger partial charge in [-0.1, -0.05) is 12.1 Å². The minimum Gasteiger partial charge on any atom is -0.490 e. The van der Waals surface area contributed by atoms with Crippen molar-refractivity contribution in [3.63, 3.8) is 0 Å². The first-order valence-electron chi connectivity index (χ1n) is 8.54. The maximum Gasteiger partial charge on any atom is 0.260 e. The topological polar surface area (TPSA) is 68.3 Å². The Morgan fingerprint density at radius 3 is 2.08 bits per heavy atom. The molecule has 7 heteroatoms. The monoisotopic (exact) mass is 350 g/mol. The summed E-state index contributed by atoms with van der Waals surface area (Å²) < 4.78 is 16.0. The van der Waals surface area contributed by atoms with Crippen LogP contribution in [0.3, 0.4) is 0 Å². The van der Waals surface area contributed by atoms with Gasteiger partial charge in [-0.3, -0.25) is 9.59 Å². The first-order valence-corrected chi connectivity index (χ1v) is 8.54. The van der Waals surface area contributed by atoms with Crippen molar-refractivity contribution in [3.8, 4) is 11.5 Å². The van der Waals surface area contributed by atoms with Crippen LogP contribution in [0.25, 0.3) is 0 Å². The van der Waals surface area contributed by atoms with Crippen LogP contribution in [-0.4, -0.2) is 74.7 Å². The highest BCUT2D eigenvalue weighted by atomic mass is 16.5. The summed E-state index contributed by atoms with van der Waals surface area (Å²) in [5.41, 5.74) is 0. The molecular formula is C18H26N2O5. The molecule has 7 nitrogen and oxygen atoms in total. The minimum atomic E-state index is -0.0877. The number of carbonyl (C=O) groups is 2. The molecule has 1 aromatic carbocycles. The third-order valence-corrected chi connectivity index (χ3v) is 4.01. The van der Waals surface area contributed by atoms with Crippen LogP contribution in [0.5, 0.6) is 11.5 Å². The first-order chi connectivity index (χ1) is 12.2. The van der Waals surface area contributed by atoms with E-state index in [0.29, 0.717) is 57.3 Å². The third-order valence-electron chi connectivity index (χ3n) is 4.01. The molecule has 1 aliphatic rings. The van der Waals surface area contributed by atoms with E-state index in [2.05, 4.69) is 0 Å². The lowest BCUT2D eigenvalue weighted by molar-refractivity contribution is -0.141. The smallest absolute Gasteiger partial charge is 0.260 e. The van der Waals surface area contributed by atoms with Gasteiger partial charge in [-0.25, -0.2) is 0 Å². The molecule has 1 aromatic rings. The number of carbonyl (C=O) groups excluding carboxylic acids is 2. The van der Waals surface area contributed by atoms with Crippen LogP contribution < -0.4 is 9.47 Å². The molecule has 0 unspecified atom stereocenters. The van der Waals surface area contributed by atoms with Gasteiger partial charge in [-0.15, -0.1) is 0 Å². The fourth-order valence-electron chi connectivity index (χ4n) is 2.63. The molecule has 0 aromatic heterocycles. The van der Waals surface area contributed by atoms with Crippen molar-refractivity contribution in [1.29, 1.82) is 0 Å². The van der Waals surface area contributed by atoms with Crippen molar-refractivity contribution >= 4 is 11.8 Å². The maximum atomic E-state index is 12.3. The maximum absolute atomic E-state index is 12.3. The summed E-state index contributed by atoms with van der Waals surface area (Å²) in [4.78, 5) is 27.8. The zero-order valence-electron chi connectivity index (χ0n) is 14.9. The molecule has 0 spiro atoms. The van der Waals surface area contributed by atoms with E-state index < -0.39 is 0 Å². The fourth-order valence-corrected chi connectivity index (χ4v) is 2.63. The Hall–Kier alpha value is -2.28. The number of amides is 2. The van der Waals surface area contributed by atoms with E-state index in [1.54, 1.807) is 23.0 Å². The molecular weight excluding hydrogens is 324 g/mol. The van der Waals surface area contributed by atoms with Crippen molar-refractivity contribution in [3.05, 3.63) is 24.3 Å². The van der Waals surface area contributed by atoms with Crippen LogP contribution in [-0.2, 0) is 14.3 Å². The average Bonchev–Trinajstić information content (AvgIpc) is 2.65. The quantitative estimate of drug-likeness (QED) is 0.704. The van der Waals surface area contributed by atoms with Crippen molar-refractivity contribution in [1.82, 2.24) is 9.80 Å². The average molecular weight is 350 g/mol. The van der Waals surface area contributed by atoms with Crippen LogP contribution >= 0.6 is 0 Å². The normalized spacial score (nSPS) is 14.3. The Morgan fingerprint density at radius 2 is 1.52 bits per heavy atom. The summed E-state index contributed by atoms with van der Waals surface area (Å²) in [6, 6.07) is 7.30. The van der Waals surface area contributed by atoms with Crippen LogP contribution in [0.4, 0.5) is 0 Å². The highest BCUT2D eigenvalue weighted by Crippen LogP contribution is 2.26. The van der Waals surface area contributed by atoms with E-state index in [0.717, 1.165) is 0 Å². The van der Waals surface area contributed by atoms with Gasteiger partial charge < -0.3 is 24.0 Å². The van der Waals surface area contributed by atoms with Gasteiger partial charge in [0.2, 0.25) is 5.91 Å². The molecule has 0 atom stereocenters. The molecule has 2 amide bonds. The molecule has 1 saturated heterocycles. The summed E-state index contributed by atoms with van der Waals surface area (Å²) in [6.07, 6.45) is 0.377. The predicted molar refractivity (Wildman–Crippen MR) is 92.8 cm³/mol. The molecule has 0 bridgehead atoms. The van der Waals surface area contributed by atoms with E-state index in [1.807, 2.05) is 25.1 Å². The summed E-state index contributed by atoms with van der Waals surface area (Å²) in [7, 11) is 1.58. The summed E-state index contributed by atoms with van der Waals surface area (Å²) >= 11 is 0. The van der Waals surface area contributed by atoms with Gasteiger partial charge in [0.1, 0.15) is 0 Å². The number of ether oxygens (including phenoxy) is 3. The standard InChI is InChI=1S/C18H26N2O5/c1-3-24-15-6-4-5-7-16(15)25-14-18(22)20-11-9-19(10-12-20)17(21)8-13-23-2/h4-7H,3,8-14H2,1-2H3. The minimum absolute atomic E-state index is 0.0400. The highest BCUT2D eigenvalue weighted by molar-refractivity contribution is 5.79. The fraction of sp³-hybridized carbons (Fsp3) is 0.556. The number of benzene rings is 1. The van der Waals surface area contributed by atoms with Crippen LogP contribution in [0.2, 0.25) is 0 Å². The molecule has 0 N–H and O–H groups in total. The number of hydrogen-bond acceptors (Lipinski definition) is 5. The highest BCUT2D eigenvalue weighted by Gasteiger charge is 2.24. The van der Waals surface area contributed by atoms with Gasteiger partial charge >= 0.3 is 0 Å². The van der Waals surface area contributed by atoms with Crippen molar-refractivity contribution < 1.29 is 23.8 Å². The van der Waals surface area contributed by atoms with Gasteiger partial charge in [-0.05, 0) is 19.1 Å². The predicted octanol–water partition coefficient (Wildman–Crippen LogP) is 1.17. The van der Waals surface area contributed by atoms with Crippen molar-refractivity contribution in [2.24, 2.45) is 0 Å². The number of hydrogen-bond donors (Lipinski definition) is 0. The molecule has 1 fully saturated rings. The summed E-state index contributed by atoms with van der Waals surface area (Å²) in [5, 5.41) is 0. The number of nitrogens with zero attached hydrogens (tertiary/aromatic N) is 2. The molecule has 0 radical (unpaired) electrons. The van der Waals surface area contributed by atoms with Gasteiger partial charge in [-0.2, -0.15) is 0 Å². The molecule has 1 aliphatic heterocycles. The molecule has 138 valence electrons. The largest absolute Gasteiger partial charge is 0.490 e. The van der Waals surface area contributed by atoms with Gasteiger partial charge in [0.05, 0.1) is 19.6 Å². The lowest BCUT2D eigenvalue weighted by atomic mass is 10.2. The van der Waals surface area contributed by atoms with Crippen molar-refractivity contribution in [2.75, 3.05) is 53.1 Å². The molecule has 1 heterocycles. The Morgan fingerprint density at radius 1 is 0.960 bits per heavy atom. The Labute approximate surface area is 148 Å². The second-order valence-corrected chi connectivity index (χ2v) is 5.67. The van der Waals surface area contributed by atoms with E-state index >= 15 is 0 Å². The van der Waals surface area contributed by atoms with Crippen LogP contribution in [0.15, 0.2) is 24.3 Å². The number of piperazine rings is 1. The number of para-hydroxylation sites is 2. The second kappa shape index (κ2) is 9.88. The Balaban J connectivity index is 1.78. The number of methoxy groups -OCH3 is 1. The Kier molecular flexibility index (Phi) is 7.53. The van der Waals surface area contributed by atoms with E-state index in [9.17, 15) is 9.59 Å². The van der Waals surface area contributed by atoms with Crippen LogP contribution in [0, 0.1) is 0 Å². The zero-order chi connectivity index (χ0) is 18.1. The summed E-state index contributed by atoms with van der Waals surface area (Å²) in [5.74, 6) is 1.17. The second-order valence-electron chi connectivity index (χ2n) is 5.67. The molecule has 0 saturated carbocycles. The molecule has 0 aliphatic carbocycles. The lowest BCUT2D eigenvalue weighted by Gasteiger charge is -2.34. The molecule has 2 rings (SSSR count). The Bertz CT molecular complexity index is 570. The van der Waals surface area contributed by atoms with Gasteiger partial charge in [0, 0.05) is 33.3 Å². The van der Waals surface area contributed by atoms with Gasteiger partial charge in [0.25, 0.3) is 5.91 Å². The van der Waals surface area contributed by atoms with E-state index in [-0.39, 0.29) is 18.4 Å². The summed E-state index contributed by atoms with van der Waals surface area (Å²) in [6.45, 7) is 4.95. The molecule has 25 heavy (non-hydrogen) atoms.